The summed E-state index contributed by atoms with van der Waals surface area (Å²) in [4.78, 5) is 17.9. The van der Waals surface area contributed by atoms with E-state index in [1.807, 2.05) is 0 Å². The van der Waals surface area contributed by atoms with Gasteiger partial charge in [0.15, 0.2) is 14.6 Å². The van der Waals surface area contributed by atoms with Gasteiger partial charge in [-0.15, -0.1) is 0 Å². The molecular formula is C15H18F2N4O4S. The monoisotopic (exact) mass is 388 g/mol. The van der Waals surface area contributed by atoms with Crippen LogP contribution in [0.25, 0.3) is 0 Å². The minimum atomic E-state index is -4.22. The number of hydrogen-bond acceptors (Lipinski definition) is 5. The molecule has 1 aromatic rings. The van der Waals surface area contributed by atoms with Crippen molar-refractivity contribution in [2.24, 2.45) is 10.9 Å². The van der Waals surface area contributed by atoms with E-state index < -0.39 is 56.3 Å². The normalized spacial score (nSPS) is 32.2. The summed E-state index contributed by atoms with van der Waals surface area (Å²) in [5.41, 5.74) is 3.95. The van der Waals surface area contributed by atoms with Gasteiger partial charge < -0.3 is 16.2 Å². The highest BCUT2D eigenvalue weighted by molar-refractivity contribution is 7.93. The second-order valence-electron chi connectivity index (χ2n) is 6.86. The zero-order valence-corrected chi connectivity index (χ0v) is 14.7. The van der Waals surface area contributed by atoms with Crippen LogP contribution in [0.5, 0.6) is 0 Å². The third-order valence-electron chi connectivity index (χ3n) is 4.93. The van der Waals surface area contributed by atoms with Gasteiger partial charge in [0.05, 0.1) is 23.2 Å². The third kappa shape index (κ3) is 2.70. The molecule has 1 aromatic heterocycles. The standard InChI is InChI=1S/C15H18F2N4O4S/c1-14(10-4-9(18)5-19-11(10)17)7-26(24,25)15(6-16,8-2-3-8)12(21-14)20-13(22)23/h4-5,8H,2-3,6-7,18H2,1H3,(H,20,21)(H,22,23)/t14-,15-/m0/s1. The summed E-state index contributed by atoms with van der Waals surface area (Å²) in [6.07, 6.45) is 0.279. The number of amidine groups is 1. The third-order valence-corrected chi connectivity index (χ3v) is 7.63. The Kier molecular flexibility index (Phi) is 4.17. The lowest BCUT2D eigenvalue weighted by molar-refractivity contribution is 0.205. The molecular weight excluding hydrogens is 370 g/mol. The van der Waals surface area contributed by atoms with Gasteiger partial charge in [-0.05, 0) is 31.7 Å². The van der Waals surface area contributed by atoms with E-state index in [1.165, 1.54) is 13.0 Å². The molecule has 2 aliphatic rings. The summed E-state index contributed by atoms with van der Waals surface area (Å²) in [5, 5.41) is 11.7. The van der Waals surface area contributed by atoms with Crippen molar-refractivity contribution in [3.63, 3.8) is 0 Å². The maximum absolute atomic E-state index is 14.3. The summed E-state index contributed by atoms with van der Waals surface area (Å²) in [5.74, 6) is -2.71. The summed E-state index contributed by atoms with van der Waals surface area (Å²) < 4.78 is 52.3. The van der Waals surface area contributed by atoms with E-state index in [0.29, 0.717) is 12.8 Å². The van der Waals surface area contributed by atoms with E-state index in [-0.39, 0.29) is 11.3 Å². The van der Waals surface area contributed by atoms with Crippen LogP contribution in [0.15, 0.2) is 17.3 Å². The smallest absolute Gasteiger partial charge is 0.432 e. The Morgan fingerprint density at radius 3 is 2.73 bits per heavy atom. The first-order valence-corrected chi connectivity index (χ1v) is 9.51. The molecule has 11 heteroatoms. The van der Waals surface area contributed by atoms with E-state index in [2.05, 4.69) is 15.3 Å². The molecule has 2 atom stereocenters. The molecule has 4 N–H and O–H groups in total. The number of aliphatic imine (C=N–C) groups is 1. The number of nitrogens with zero attached hydrogens (tertiary/aromatic N) is 2. The Labute approximate surface area is 148 Å². The number of alkyl halides is 1. The lowest BCUT2D eigenvalue weighted by atomic mass is 9.91. The van der Waals surface area contributed by atoms with Crippen LogP contribution in [-0.2, 0) is 15.4 Å². The predicted molar refractivity (Wildman–Crippen MR) is 89.8 cm³/mol. The average molecular weight is 388 g/mol. The summed E-state index contributed by atoms with van der Waals surface area (Å²) in [6, 6.07) is 1.21. The van der Waals surface area contributed by atoms with Crippen molar-refractivity contribution in [3.05, 3.63) is 23.8 Å². The van der Waals surface area contributed by atoms with Crippen molar-refractivity contribution >= 4 is 27.5 Å². The van der Waals surface area contributed by atoms with Crippen LogP contribution in [0.2, 0.25) is 0 Å². The Bertz CT molecular complexity index is 903. The molecule has 1 aliphatic carbocycles. The van der Waals surface area contributed by atoms with Gasteiger partial charge in [0, 0.05) is 5.56 Å². The lowest BCUT2D eigenvalue weighted by Crippen LogP contribution is -2.68. The Morgan fingerprint density at radius 2 is 2.19 bits per heavy atom. The van der Waals surface area contributed by atoms with Gasteiger partial charge in [-0.3, -0.25) is 0 Å². The largest absolute Gasteiger partial charge is 0.463 e. The minimum Gasteiger partial charge on any atom is -0.463 e. The fraction of sp³-hybridized carbons (Fsp3) is 0.533. The number of carbonyl (C=O) groups is 1. The molecule has 3 rings (SSSR count). The molecule has 0 bridgehead atoms. The number of rotatable bonds is 3. The number of pyridine rings is 1. The van der Waals surface area contributed by atoms with Crippen molar-refractivity contribution in [2.75, 3.05) is 18.2 Å². The summed E-state index contributed by atoms with van der Waals surface area (Å²) >= 11 is 0. The molecule has 26 heavy (non-hydrogen) atoms. The van der Waals surface area contributed by atoms with Crippen molar-refractivity contribution in [1.82, 2.24) is 10.3 Å². The van der Waals surface area contributed by atoms with Crippen LogP contribution in [0.3, 0.4) is 0 Å². The van der Waals surface area contributed by atoms with E-state index >= 15 is 0 Å². The van der Waals surface area contributed by atoms with Crippen LogP contribution in [0.1, 0.15) is 25.3 Å². The maximum Gasteiger partial charge on any atom is 0.432 e. The van der Waals surface area contributed by atoms with Crippen LogP contribution in [-0.4, -0.2) is 47.6 Å². The summed E-state index contributed by atoms with van der Waals surface area (Å²) in [6.45, 7) is 0.0450. The van der Waals surface area contributed by atoms with Crippen LogP contribution < -0.4 is 11.1 Å². The van der Waals surface area contributed by atoms with Gasteiger partial charge in [0.25, 0.3) is 0 Å². The number of hydrogen-bond donors (Lipinski definition) is 3. The number of halogens is 2. The second-order valence-corrected chi connectivity index (χ2v) is 9.11. The quantitative estimate of drug-likeness (QED) is 0.663. The minimum absolute atomic E-state index is 0.100. The molecule has 0 unspecified atom stereocenters. The van der Waals surface area contributed by atoms with E-state index in [4.69, 9.17) is 10.8 Å². The first-order valence-electron chi connectivity index (χ1n) is 7.86. The Morgan fingerprint density at radius 1 is 1.54 bits per heavy atom. The second kappa shape index (κ2) is 5.86. The number of amides is 1. The summed E-state index contributed by atoms with van der Waals surface area (Å²) in [7, 11) is -4.22. The van der Waals surface area contributed by atoms with Gasteiger partial charge in [0.1, 0.15) is 12.5 Å². The van der Waals surface area contributed by atoms with Crippen LogP contribution in [0.4, 0.5) is 19.3 Å². The van der Waals surface area contributed by atoms with Crippen molar-refractivity contribution in [2.45, 2.75) is 30.1 Å². The first kappa shape index (κ1) is 18.5. The maximum atomic E-state index is 14.3. The van der Waals surface area contributed by atoms with E-state index in [1.54, 1.807) is 0 Å². The zero-order valence-electron chi connectivity index (χ0n) is 13.9. The van der Waals surface area contributed by atoms with Gasteiger partial charge in [0.2, 0.25) is 5.95 Å². The fourth-order valence-corrected chi connectivity index (χ4v) is 6.07. The van der Waals surface area contributed by atoms with Crippen molar-refractivity contribution < 1.29 is 27.1 Å². The van der Waals surface area contributed by atoms with Gasteiger partial charge in [-0.2, -0.15) is 9.38 Å². The first-order chi connectivity index (χ1) is 12.1. The number of aromatic nitrogens is 1. The molecule has 1 amide bonds. The number of nitrogen functional groups attached to an aromatic ring is 1. The average Bonchev–Trinajstić information content (AvgIpc) is 3.33. The molecule has 2 fully saturated rings. The van der Waals surface area contributed by atoms with E-state index in [0.717, 1.165) is 6.20 Å². The fourth-order valence-electron chi connectivity index (χ4n) is 3.53. The molecule has 1 saturated carbocycles. The van der Waals surface area contributed by atoms with E-state index in [9.17, 15) is 22.0 Å². The molecule has 0 spiro atoms. The van der Waals surface area contributed by atoms with Gasteiger partial charge >= 0.3 is 6.09 Å². The van der Waals surface area contributed by atoms with Gasteiger partial charge in [-0.25, -0.2) is 22.6 Å². The zero-order chi connectivity index (χ0) is 19.3. The topological polar surface area (TPSA) is 135 Å². The highest BCUT2D eigenvalue weighted by Crippen LogP contribution is 2.49. The lowest BCUT2D eigenvalue weighted by Gasteiger charge is -2.45. The molecule has 0 aromatic carbocycles. The number of anilines is 1. The molecule has 8 nitrogen and oxygen atoms in total. The van der Waals surface area contributed by atoms with Crippen LogP contribution in [0, 0.1) is 11.9 Å². The predicted octanol–water partition coefficient (Wildman–Crippen LogP) is 1.23. The number of sulfone groups is 1. The van der Waals surface area contributed by atoms with Gasteiger partial charge in [-0.1, -0.05) is 0 Å². The Balaban J connectivity index is 2.20. The highest BCUT2D eigenvalue weighted by atomic mass is 32.2. The molecule has 0 radical (unpaired) electrons. The number of nitrogens with one attached hydrogen (secondary N) is 1. The Hall–Kier alpha value is -2.30. The highest BCUT2D eigenvalue weighted by Gasteiger charge is 2.64. The molecule has 1 saturated heterocycles. The molecule has 2 heterocycles. The molecule has 1 aliphatic heterocycles. The number of nitrogens with two attached hydrogens (primary N) is 1. The SMILES string of the molecule is C[C@@]1(c2cc(N)cnc2F)CS(=O)(=O)[C@@](CF)(C2CC2)/C(=N/C(=O)O)N1. The molecule has 142 valence electrons. The number of carboxylic acid groups (broad SMARTS) is 1. The van der Waals surface area contributed by atoms with Crippen molar-refractivity contribution in [1.29, 1.82) is 0 Å². The van der Waals surface area contributed by atoms with Crippen LogP contribution >= 0.6 is 0 Å². The van der Waals surface area contributed by atoms with Crippen molar-refractivity contribution in [3.8, 4) is 0 Å².